The molecule has 2 N–H and O–H groups in total. The van der Waals surface area contributed by atoms with Crippen molar-refractivity contribution in [1.82, 2.24) is 20.2 Å². The van der Waals surface area contributed by atoms with Gasteiger partial charge in [-0.25, -0.2) is 0 Å². The molecule has 4 heterocycles. The van der Waals surface area contributed by atoms with Crippen LogP contribution in [0.4, 0.5) is 11.7 Å². The Morgan fingerprint density at radius 3 is 2.52 bits per heavy atom. The molecule has 0 aliphatic carbocycles. The van der Waals surface area contributed by atoms with Crippen molar-refractivity contribution in [3.63, 3.8) is 0 Å². The summed E-state index contributed by atoms with van der Waals surface area (Å²) in [6.07, 6.45) is 9.17. The molecule has 0 radical (unpaired) electrons. The minimum Gasteiger partial charge on any atom is -0.423 e. The van der Waals surface area contributed by atoms with Crippen LogP contribution in [0.25, 0.3) is 11.1 Å². The van der Waals surface area contributed by atoms with Gasteiger partial charge in [-0.1, -0.05) is 12.5 Å². The van der Waals surface area contributed by atoms with E-state index in [4.69, 9.17) is 4.42 Å². The number of anilines is 2. The number of rotatable bonds is 4. The molecular weight excluding hydrogens is 437 g/mol. The highest BCUT2D eigenvalue weighted by atomic mass is 35.5. The standard InChI is InChI=1S/C22H25N5O2.2ClH/c1-27-16-4-2-5-17(27)13-15(12-16)24-21(28)18-6-3-7-19-20(18)26-22(29-19)25-14-8-10-23-11-9-14;;/h3,6-11,15-17H,2,4-5,12-13H2,1H3,(H,24,28)(H,23,25,26);2*1H. The molecule has 1 amide bonds. The number of benzene rings is 1. The van der Waals surface area contributed by atoms with Crippen LogP contribution in [0.1, 0.15) is 42.5 Å². The Morgan fingerprint density at radius 2 is 1.81 bits per heavy atom. The molecule has 2 unspecified atom stereocenters. The molecule has 9 heteroatoms. The van der Waals surface area contributed by atoms with E-state index in [1.807, 2.05) is 30.3 Å². The largest absolute Gasteiger partial charge is 0.423 e. The van der Waals surface area contributed by atoms with Crippen molar-refractivity contribution in [3.05, 3.63) is 48.3 Å². The van der Waals surface area contributed by atoms with Gasteiger partial charge in [0.15, 0.2) is 5.58 Å². The predicted octanol–water partition coefficient (Wildman–Crippen LogP) is 4.56. The first kappa shape index (κ1) is 23.3. The Hall–Kier alpha value is -2.35. The summed E-state index contributed by atoms with van der Waals surface area (Å²) in [7, 11) is 2.22. The SMILES string of the molecule is CN1C2CCCC1CC(NC(=O)c1cccc3oc(Nc4ccncc4)nc13)C2.Cl.Cl. The number of pyridine rings is 1. The van der Waals surface area contributed by atoms with E-state index in [-0.39, 0.29) is 36.8 Å². The van der Waals surface area contributed by atoms with E-state index in [9.17, 15) is 4.79 Å². The molecule has 0 saturated carbocycles. The van der Waals surface area contributed by atoms with Gasteiger partial charge in [0.1, 0.15) is 5.52 Å². The van der Waals surface area contributed by atoms with Crippen LogP contribution in [0.2, 0.25) is 0 Å². The maximum Gasteiger partial charge on any atom is 0.300 e. The van der Waals surface area contributed by atoms with E-state index >= 15 is 0 Å². The van der Waals surface area contributed by atoms with Crippen molar-refractivity contribution >= 4 is 53.5 Å². The molecule has 5 rings (SSSR count). The molecule has 1 aromatic carbocycles. The zero-order valence-corrected chi connectivity index (χ0v) is 18.9. The minimum absolute atomic E-state index is 0. The first-order chi connectivity index (χ1) is 14.2. The molecule has 2 atom stereocenters. The molecule has 2 bridgehead atoms. The van der Waals surface area contributed by atoms with E-state index in [0.717, 1.165) is 18.5 Å². The van der Waals surface area contributed by atoms with Gasteiger partial charge in [0.25, 0.3) is 11.9 Å². The van der Waals surface area contributed by atoms with Gasteiger partial charge >= 0.3 is 0 Å². The average molecular weight is 464 g/mol. The number of hydrogen-bond acceptors (Lipinski definition) is 6. The maximum atomic E-state index is 13.1. The second-order valence-electron chi connectivity index (χ2n) is 8.08. The van der Waals surface area contributed by atoms with Crippen LogP contribution >= 0.6 is 24.8 Å². The van der Waals surface area contributed by atoms with Gasteiger partial charge in [0.05, 0.1) is 5.56 Å². The van der Waals surface area contributed by atoms with Crippen LogP contribution in [-0.4, -0.2) is 45.9 Å². The minimum atomic E-state index is -0.0769. The van der Waals surface area contributed by atoms with Gasteiger partial charge < -0.3 is 20.0 Å². The van der Waals surface area contributed by atoms with Crippen LogP contribution in [0.3, 0.4) is 0 Å². The van der Waals surface area contributed by atoms with Gasteiger partial charge in [-0.2, -0.15) is 4.98 Å². The highest BCUT2D eigenvalue weighted by Crippen LogP contribution is 2.33. The fraction of sp³-hybridized carbons (Fsp3) is 0.409. The number of aromatic nitrogens is 2. The van der Waals surface area contributed by atoms with Crippen LogP contribution < -0.4 is 10.6 Å². The molecule has 0 spiro atoms. The highest BCUT2D eigenvalue weighted by Gasteiger charge is 2.36. The normalized spacial score (nSPS) is 22.8. The summed E-state index contributed by atoms with van der Waals surface area (Å²) in [6.45, 7) is 0. The number of nitrogens with one attached hydrogen (secondary N) is 2. The molecule has 2 aliphatic heterocycles. The zero-order valence-electron chi connectivity index (χ0n) is 17.3. The van der Waals surface area contributed by atoms with E-state index < -0.39 is 0 Å². The number of nitrogens with zero attached hydrogens (tertiary/aromatic N) is 3. The summed E-state index contributed by atoms with van der Waals surface area (Å²) < 4.78 is 5.80. The lowest BCUT2D eigenvalue weighted by Gasteiger charge is -2.47. The highest BCUT2D eigenvalue weighted by molar-refractivity contribution is 6.04. The smallest absolute Gasteiger partial charge is 0.300 e. The molecule has 2 saturated heterocycles. The Balaban J connectivity index is 0.00000136. The van der Waals surface area contributed by atoms with Crippen molar-refractivity contribution in [2.45, 2.75) is 50.2 Å². The van der Waals surface area contributed by atoms with Crippen molar-refractivity contribution in [2.75, 3.05) is 12.4 Å². The fourth-order valence-corrected chi connectivity index (χ4v) is 4.74. The van der Waals surface area contributed by atoms with Crippen LogP contribution in [0.15, 0.2) is 47.1 Å². The second kappa shape index (κ2) is 9.85. The van der Waals surface area contributed by atoms with Gasteiger partial charge in [0, 0.05) is 36.2 Å². The van der Waals surface area contributed by atoms with Gasteiger partial charge in [-0.05, 0) is 57.0 Å². The van der Waals surface area contributed by atoms with Gasteiger partial charge in [-0.3, -0.25) is 9.78 Å². The lowest BCUT2D eigenvalue weighted by molar-refractivity contribution is 0.0463. The Labute approximate surface area is 193 Å². The Kier molecular flexibility index (Phi) is 7.41. The summed E-state index contributed by atoms with van der Waals surface area (Å²) >= 11 is 0. The van der Waals surface area contributed by atoms with Crippen molar-refractivity contribution in [2.24, 2.45) is 0 Å². The van der Waals surface area contributed by atoms with E-state index in [1.54, 1.807) is 12.4 Å². The monoisotopic (exact) mass is 463 g/mol. The van der Waals surface area contributed by atoms with E-state index in [1.165, 1.54) is 19.3 Å². The number of fused-ring (bicyclic) bond motifs is 3. The zero-order chi connectivity index (χ0) is 19.8. The number of carbonyl (C=O) groups excluding carboxylic acids is 1. The topological polar surface area (TPSA) is 83.3 Å². The Morgan fingerprint density at radius 1 is 1.10 bits per heavy atom. The third-order valence-corrected chi connectivity index (χ3v) is 6.27. The number of hydrogen-bond donors (Lipinski definition) is 2. The lowest BCUT2D eigenvalue weighted by atomic mass is 9.82. The molecule has 2 aromatic heterocycles. The van der Waals surface area contributed by atoms with Crippen LogP contribution in [-0.2, 0) is 0 Å². The molecule has 2 fully saturated rings. The van der Waals surface area contributed by atoms with Gasteiger partial charge in [-0.15, -0.1) is 24.8 Å². The quantitative estimate of drug-likeness (QED) is 0.589. The van der Waals surface area contributed by atoms with Gasteiger partial charge in [0.2, 0.25) is 0 Å². The third-order valence-electron chi connectivity index (χ3n) is 6.27. The molecule has 31 heavy (non-hydrogen) atoms. The van der Waals surface area contributed by atoms with E-state index in [2.05, 4.69) is 32.5 Å². The number of piperidine rings is 2. The number of amides is 1. The maximum absolute atomic E-state index is 13.1. The predicted molar refractivity (Wildman–Crippen MR) is 126 cm³/mol. The van der Waals surface area contributed by atoms with Crippen molar-refractivity contribution in [1.29, 1.82) is 0 Å². The third kappa shape index (κ3) is 4.79. The number of halogens is 2. The van der Waals surface area contributed by atoms with Crippen molar-refractivity contribution in [3.8, 4) is 0 Å². The molecule has 3 aromatic rings. The van der Waals surface area contributed by atoms with E-state index in [0.29, 0.717) is 34.8 Å². The summed E-state index contributed by atoms with van der Waals surface area (Å²) in [5.41, 5.74) is 2.55. The number of para-hydroxylation sites is 1. The number of carbonyl (C=O) groups is 1. The summed E-state index contributed by atoms with van der Waals surface area (Å²) in [5, 5.41) is 6.38. The van der Waals surface area contributed by atoms with Crippen LogP contribution in [0.5, 0.6) is 0 Å². The fourth-order valence-electron chi connectivity index (χ4n) is 4.74. The van der Waals surface area contributed by atoms with Crippen molar-refractivity contribution < 1.29 is 9.21 Å². The summed E-state index contributed by atoms with van der Waals surface area (Å²) in [4.78, 5) is 24.1. The average Bonchev–Trinajstić information content (AvgIpc) is 3.12. The first-order valence-corrected chi connectivity index (χ1v) is 10.3. The summed E-state index contributed by atoms with van der Waals surface area (Å²) in [6, 6.07) is 10.9. The lowest BCUT2D eigenvalue weighted by Crippen LogP contribution is -2.55. The molecule has 2 aliphatic rings. The molecular formula is C22H27Cl2N5O2. The number of oxazole rings is 1. The second-order valence-corrected chi connectivity index (χ2v) is 8.08. The summed E-state index contributed by atoms with van der Waals surface area (Å²) in [5.74, 6) is -0.0769. The van der Waals surface area contributed by atoms with Crippen LogP contribution in [0, 0.1) is 0 Å². The molecule has 166 valence electrons. The Bertz CT molecular complexity index is 1020. The first-order valence-electron chi connectivity index (χ1n) is 10.3. The molecule has 7 nitrogen and oxygen atoms in total.